The molecule has 9 heteroatoms. The smallest absolute Gasteiger partial charge is 0.230 e. The normalized spacial score (nSPS) is 17.4. The van der Waals surface area contributed by atoms with Gasteiger partial charge in [-0.3, -0.25) is 0 Å². The third-order valence-corrected chi connectivity index (χ3v) is 6.33. The highest BCUT2D eigenvalue weighted by Crippen LogP contribution is 2.40. The lowest BCUT2D eigenvalue weighted by Gasteiger charge is -2.29. The number of nitrogens with zero attached hydrogens (tertiary/aromatic N) is 6. The minimum atomic E-state index is 0.358. The van der Waals surface area contributed by atoms with E-state index in [9.17, 15) is 0 Å². The van der Waals surface area contributed by atoms with Gasteiger partial charge in [-0.15, -0.1) is 0 Å². The van der Waals surface area contributed by atoms with Crippen LogP contribution in [-0.2, 0) is 0 Å². The molecule has 2 fully saturated rings. The maximum atomic E-state index is 5.72. The van der Waals surface area contributed by atoms with Crippen molar-refractivity contribution in [2.45, 2.75) is 31.7 Å². The van der Waals surface area contributed by atoms with Crippen LogP contribution in [0.3, 0.4) is 0 Å². The molecule has 0 bridgehead atoms. The highest BCUT2D eigenvalue weighted by Gasteiger charge is 2.25. The zero-order chi connectivity index (χ0) is 21.9. The van der Waals surface area contributed by atoms with Crippen molar-refractivity contribution in [3.05, 3.63) is 36.3 Å². The molecule has 0 aromatic carbocycles. The number of pyridine rings is 1. The first-order valence-corrected chi connectivity index (χ1v) is 11.2. The van der Waals surface area contributed by atoms with E-state index in [2.05, 4.69) is 47.8 Å². The minimum absolute atomic E-state index is 0.358. The second-order valence-electron chi connectivity index (χ2n) is 8.26. The summed E-state index contributed by atoms with van der Waals surface area (Å²) in [7, 11) is 0. The zero-order valence-electron chi connectivity index (χ0n) is 18.2. The number of aliphatic imine (C=N–C) groups is 1. The van der Waals surface area contributed by atoms with Crippen LogP contribution in [0.5, 0.6) is 0 Å². The molecule has 1 aliphatic heterocycles. The van der Waals surface area contributed by atoms with Crippen LogP contribution in [-0.4, -0.2) is 52.4 Å². The fraction of sp³-hybridized carbons (Fsp3) is 0.391. The van der Waals surface area contributed by atoms with Crippen molar-refractivity contribution in [2.75, 3.05) is 36.4 Å². The van der Waals surface area contributed by atoms with Crippen LogP contribution in [0.4, 0.5) is 23.3 Å². The molecule has 0 atom stereocenters. The molecule has 4 N–H and O–H groups in total. The average Bonchev–Trinajstić information content (AvgIpc) is 3.46. The van der Waals surface area contributed by atoms with Gasteiger partial charge in [-0.1, -0.05) is 12.8 Å². The standard InChI is InChI=1S/C23H29N9/c1-25-21-18(8-9-24)19-15-28-23(30-22(19)32(21)16-4-2-3-5-16)29-20-7-6-17(14-27-20)31-12-10-26-11-13-31/h6-9,14-16,26H,1-5,10-13,24H2,(H,27,28,29,30)/b9-8-. The van der Waals surface area contributed by atoms with Gasteiger partial charge in [-0.05, 0) is 44.0 Å². The first-order chi connectivity index (χ1) is 15.8. The second-order valence-corrected chi connectivity index (χ2v) is 8.26. The van der Waals surface area contributed by atoms with E-state index >= 15 is 0 Å². The molecule has 5 rings (SSSR count). The van der Waals surface area contributed by atoms with Crippen LogP contribution in [0.2, 0.25) is 0 Å². The van der Waals surface area contributed by atoms with E-state index in [4.69, 9.17) is 10.7 Å². The Kier molecular flexibility index (Phi) is 5.72. The number of piperazine rings is 1. The molecule has 166 valence electrons. The fourth-order valence-corrected chi connectivity index (χ4v) is 4.77. The first-order valence-electron chi connectivity index (χ1n) is 11.2. The number of rotatable bonds is 6. The van der Waals surface area contributed by atoms with Crippen molar-refractivity contribution in [3.8, 4) is 0 Å². The van der Waals surface area contributed by atoms with Gasteiger partial charge in [0.1, 0.15) is 17.3 Å². The molecule has 0 unspecified atom stereocenters. The lowest BCUT2D eigenvalue weighted by Crippen LogP contribution is -2.43. The molecule has 0 radical (unpaired) electrons. The Balaban J connectivity index is 1.47. The van der Waals surface area contributed by atoms with E-state index in [-0.39, 0.29) is 0 Å². The molecular weight excluding hydrogens is 402 g/mol. The van der Waals surface area contributed by atoms with Crippen LogP contribution >= 0.6 is 0 Å². The summed E-state index contributed by atoms with van der Waals surface area (Å²) in [4.78, 5) is 20.7. The van der Waals surface area contributed by atoms with Crippen LogP contribution in [0.25, 0.3) is 17.1 Å². The van der Waals surface area contributed by atoms with Gasteiger partial charge in [0.25, 0.3) is 0 Å². The number of hydrogen-bond donors (Lipinski definition) is 3. The van der Waals surface area contributed by atoms with E-state index in [0.717, 1.165) is 67.1 Å². The Morgan fingerprint density at radius 1 is 1.16 bits per heavy atom. The first kappa shape index (κ1) is 20.4. The number of fused-ring (bicyclic) bond motifs is 1. The van der Waals surface area contributed by atoms with Gasteiger partial charge in [-0.2, -0.15) is 4.98 Å². The monoisotopic (exact) mass is 431 g/mol. The molecule has 9 nitrogen and oxygen atoms in total. The summed E-state index contributed by atoms with van der Waals surface area (Å²) in [6.45, 7) is 7.79. The quantitative estimate of drug-likeness (QED) is 0.514. The van der Waals surface area contributed by atoms with E-state index in [0.29, 0.717) is 17.8 Å². The lowest BCUT2D eigenvalue weighted by atomic mass is 10.2. The van der Waals surface area contributed by atoms with Gasteiger partial charge >= 0.3 is 0 Å². The van der Waals surface area contributed by atoms with Gasteiger partial charge in [0, 0.05) is 49.4 Å². The van der Waals surface area contributed by atoms with Crippen molar-refractivity contribution in [1.29, 1.82) is 0 Å². The molecule has 3 aromatic heterocycles. The molecule has 4 heterocycles. The van der Waals surface area contributed by atoms with E-state index in [1.54, 1.807) is 0 Å². The zero-order valence-corrected chi connectivity index (χ0v) is 18.2. The summed E-state index contributed by atoms with van der Waals surface area (Å²) >= 11 is 0. The SMILES string of the molecule is C=Nc1c(/C=C\N)c2cnc(Nc3ccc(N4CCNCC4)cn3)nc2n1C1CCCC1. The van der Waals surface area contributed by atoms with Crippen LogP contribution in [0.15, 0.2) is 35.7 Å². The lowest BCUT2D eigenvalue weighted by molar-refractivity contribution is 0.536. The van der Waals surface area contributed by atoms with E-state index in [1.807, 2.05) is 24.5 Å². The second kappa shape index (κ2) is 8.96. The number of nitrogens with one attached hydrogen (secondary N) is 2. The fourth-order valence-electron chi connectivity index (χ4n) is 4.77. The number of nitrogens with two attached hydrogens (primary N) is 1. The van der Waals surface area contributed by atoms with Gasteiger partial charge in [0.2, 0.25) is 5.95 Å². The van der Waals surface area contributed by atoms with Crippen molar-refractivity contribution < 1.29 is 0 Å². The summed E-state index contributed by atoms with van der Waals surface area (Å²) in [5.74, 6) is 2.03. The third-order valence-electron chi connectivity index (χ3n) is 6.33. The molecule has 3 aromatic rings. The van der Waals surface area contributed by atoms with Crippen LogP contribution in [0, 0.1) is 0 Å². The summed E-state index contributed by atoms with van der Waals surface area (Å²) in [5, 5.41) is 7.55. The molecule has 1 aliphatic carbocycles. The van der Waals surface area contributed by atoms with E-state index in [1.165, 1.54) is 19.0 Å². The Hall–Kier alpha value is -3.46. The predicted octanol–water partition coefficient (Wildman–Crippen LogP) is 3.36. The molecule has 0 spiro atoms. The Bertz CT molecular complexity index is 1120. The third kappa shape index (κ3) is 3.80. The summed E-state index contributed by atoms with van der Waals surface area (Å²) in [5.41, 5.74) is 8.60. The summed E-state index contributed by atoms with van der Waals surface area (Å²) in [6.07, 6.45) is 11.8. The Morgan fingerprint density at radius 2 is 1.97 bits per heavy atom. The van der Waals surface area contributed by atoms with Crippen molar-refractivity contribution in [3.63, 3.8) is 0 Å². The van der Waals surface area contributed by atoms with E-state index < -0.39 is 0 Å². The van der Waals surface area contributed by atoms with Gasteiger partial charge < -0.3 is 25.8 Å². The minimum Gasteiger partial charge on any atom is -0.405 e. The van der Waals surface area contributed by atoms with Crippen LogP contribution < -0.4 is 21.3 Å². The number of anilines is 3. The van der Waals surface area contributed by atoms with Gasteiger partial charge in [-0.25, -0.2) is 15.0 Å². The van der Waals surface area contributed by atoms with Crippen molar-refractivity contribution in [1.82, 2.24) is 24.8 Å². The van der Waals surface area contributed by atoms with Crippen molar-refractivity contribution >= 4 is 47.1 Å². The molecule has 32 heavy (non-hydrogen) atoms. The van der Waals surface area contributed by atoms with Gasteiger partial charge in [0.05, 0.1) is 11.9 Å². The summed E-state index contributed by atoms with van der Waals surface area (Å²) < 4.78 is 2.21. The predicted molar refractivity (Wildman–Crippen MR) is 130 cm³/mol. The molecule has 2 aliphatic rings. The maximum absolute atomic E-state index is 5.72. The highest BCUT2D eigenvalue weighted by molar-refractivity contribution is 5.93. The average molecular weight is 432 g/mol. The number of hydrogen-bond acceptors (Lipinski definition) is 8. The molecular formula is C23H29N9. The maximum Gasteiger partial charge on any atom is 0.230 e. The summed E-state index contributed by atoms with van der Waals surface area (Å²) in [6, 6.07) is 4.42. The molecule has 1 saturated heterocycles. The largest absolute Gasteiger partial charge is 0.405 e. The topological polar surface area (TPSA) is 109 Å². The Morgan fingerprint density at radius 3 is 2.66 bits per heavy atom. The number of aromatic nitrogens is 4. The Labute approximate surface area is 187 Å². The van der Waals surface area contributed by atoms with Gasteiger partial charge in [0.15, 0.2) is 0 Å². The van der Waals surface area contributed by atoms with Crippen LogP contribution in [0.1, 0.15) is 37.3 Å². The molecule has 0 amide bonds. The highest BCUT2D eigenvalue weighted by atomic mass is 15.2. The van der Waals surface area contributed by atoms with Crippen molar-refractivity contribution in [2.24, 2.45) is 10.7 Å². The molecule has 1 saturated carbocycles.